The number of thiocarbonyl (C=S) groups is 1. The molecule has 1 aromatic rings. The monoisotopic (exact) mass is 324 g/mol. The van der Waals surface area contributed by atoms with Gasteiger partial charge < -0.3 is 10.6 Å². The second-order valence-corrected chi connectivity index (χ2v) is 5.13. The number of rotatable bonds is 2. The normalized spacial score (nSPS) is 11.3. The molecule has 0 bridgehead atoms. The van der Waals surface area contributed by atoms with E-state index in [1.807, 2.05) is 0 Å². The van der Waals surface area contributed by atoms with Crippen LogP contribution in [-0.2, 0) is 11.0 Å². The van der Waals surface area contributed by atoms with E-state index in [9.17, 15) is 18.0 Å². The molecule has 1 rings (SSSR count). The first kappa shape index (κ1) is 16.7. The Morgan fingerprint density at radius 2 is 1.95 bits per heavy atom. The van der Waals surface area contributed by atoms with Gasteiger partial charge in [0.25, 0.3) is 0 Å². The molecule has 0 heterocycles. The molecule has 0 atom stereocenters. The van der Waals surface area contributed by atoms with Crippen LogP contribution in [0.25, 0.3) is 0 Å². The van der Waals surface area contributed by atoms with Crippen LogP contribution in [0.3, 0.4) is 0 Å². The Hall–Kier alpha value is -1.34. The number of hydrogen-bond acceptors (Lipinski definition) is 2. The molecule has 0 saturated carbocycles. The third kappa shape index (κ3) is 4.64. The van der Waals surface area contributed by atoms with E-state index >= 15 is 0 Å². The van der Waals surface area contributed by atoms with Crippen molar-refractivity contribution in [3.05, 3.63) is 28.8 Å². The van der Waals surface area contributed by atoms with Crippen LogP contribution in [-0.4, -0.2) is 11.0 Å². The topological polar surface area (TPSA) is 41.1 Å². The number of alkyl halides is 3. The Kier molecular flexibility index (Phi) is 5.35. The van der Waals surface area contributed by atoms with Crippen LogP contribution in [0, 0.1) is 5.92 Å². The molecule has 110 valence electrons. The van der Waals surface area contributed by atoms with E-state index in [0.29, 0.717) is 0 Å². The van der Waals surface area contributed by atoms with Gasteiger partial charge in [0.15, 0.2) is 5.11 Å². The van der Waals surface area contributed by atoms with Gasteiger partial charge in [-0.25, -0.2) is 0 Å². The Morgan fingerprint density at radius 3 is 2.45 bits per heavy atom. The summed E-state index contributed by atoms with van der Waals surface area (Å²) in [6, 6.07) is 3.24. The first-order chi connectivity index (χ1) is 9.11. The highest BCUT2D eigenvalue weighted by Gasteiger charge is 2.34. The molecule has 8 heteroatoms. The summed E-state index contributed by atoms with van der Waals surface area (Å²) in [5.41, 5.74) is -1.22. The number of nitrogens with one attached hydrogen (secondary N) is 2. The number of hydrogen-bond donors (Lipinski definition) is 2. The zero-order valence-electron chi connectivity index (χ0n) is 10.6. The Morgan fingerprint density at radius 1 is 1.35 bits per heavy atom. The summed E-state index contributed by atoms with van der Waals surface area (Å²) >= 11 is 10.4. The van der Waals surface area contributed by atoms with Crippen LogP contribution in [0.5, 0.6) is 0 Å². The Labute approximate surface area is 124 Å². The van der Waals surface area contributed by atoms with E-state index in [2.05, 4.69) is 10.6 Å². The van der Waals surface area contributed by atoms with Gasteiger partial charge >= 0.3 is 6.18 Å². The summed E-state index contributed by atoms with van der Waals surface area (Å²) in [5, 5.41) is 4.41. The second kappa shape index (κ2) is 6.41. The SMILES string of the molecule is CC(C)C(=O)NC(=S)Nc1ccc(Cl)cc1C(F)(F)F. The van der Waals surface area contributed by atoms with E-state index in [1.54, 1.807) is 13.8 Å². The number of amides is 1. The van der Waals surface area contributed by atoms with E-state index in [-0.39, 0.29) is 27.6 Å². The maximum absolute atomic E-state index is 12.8. The fraction of sp³-hybridized carbons (Fsp3) is 0.333. The van der Waals surface area contributed by atoms with Gasteiger partial charge in [0, 0.05) is 10.9 Å². The number of carbonyl (C=O) groups is 1. The predicted octanol–water partition coefficient (Wildman–Crippen LogP) is 3.83. The molecule has 0 aliphatic rings. The number of benzene rings is 1. The summed E-state index contributed by atoms with van der Waals surface area (Å²) in [4.78, 5) is 11.4. The minimum absolute atomic E-state index is 0.0417. The molecule has 0 saturated heterocycles. The smallest absolute Gasteiger partial charge is 0.332 e. The van der Waals surface area contributed by atoms with Crippen molar-refractivity contribution >= 4 is 40.5 Å². The van der Waals surface area contributed by atoms with Gasteiger partial charge in [0.1, 0.15) is 0 Å². The van der Waals surface area contributed by atoms with E-state index in [0.717, 1.165) is 12.1 Å². The molecule has 0 radical (unpaired) electrons. The molecular formula is C12H12ClF3N2OS. The van der Waals surface area contributed by atoms with Gasteiger partial charge in [0.2, 0.25) is 5.91 Å². The first-order valence-corrected chi connectivity index (χ1v) is 6.38. The third-order valence-electron chi connectivity index (χ3n) is 2.30. The Bertz CT molecular complexity index is 532. The summed E-state index contributed by atoms with van der Waals surface area (Å²) < 4.78 is 38.5. The second-order valence-electron chi connectivity index (χ2n) is 4.29. The first-order valence-electron chi connectivity index (χ1n) is 5.60. The van der Waals surface area contributed by atoms with Crippen molar-refractivity contribution in [1.29, 1.82) is 0 Å². The van der Waals surface area contributed by atoms with Gasteiger partial charge in [0.05, 0.1) is 11.3 Å². The standard InChI is InChI=1S/C12H12ClF3N2OS/c1-6(2)10(19)18-11(20)17-9-4-3-7(13)5-8(9)12(14,15)16/h3-6H,1-2H3,(H2,17,18,19,20). The van der Waals surface area contributed by atoms with Gasteiger partial charge in [-0.3, -0.25) is 4.79 Å². The zero-order chi connectivity index (χ0) is 15.5. The van der Waals surface area contributed by atoms with Crippen LogP contribution >= 0.6 is 23.8 Å². The molecule has 0 aromatic heterocycles. The molecule has 0 spiro atoms. The van der Waals surface area contributed by atoms with Gasteiger partial charge in [-0.05, 0) is 30.4 Å². The van der Waals surface area contributed by atoms with Gasteiger partial charge in [-0.2, -0.15) is 13.2 Å². The summed E-state index contributed by atoms with van der Waals surface area (Å²) in [7, 11) is 0. The molecule has 0 aliphatic carbocycles. The zero-order valence-corrected chi connectivity index (χ0v) is 12.2. The lowest BCUT2D eigenvalue weighted by Crippen LogP contribution is -2.37. The minimum Gasteiger partial charge on any atom is -0.332 e. The molecule has 2 N–H and O–H groups in total. The number of anilines is 1. The Balaban J connectivity index is 2.93. The third-order valence-corrected chi connectivity index (χ3v) is 2.74. The molecule has 0 aliphatic heterocycles. The molecular weight excluding hydrogens is 313 g/mol. The number of halogens is 4. The van der Waals surface area contributed by atoms with E-state index in [1.165, 1.54) is 6.07 Å². The maximum Gasteiger partial charge on any atom is 0.418 e. The minimum atomic E-state index is -4.58. The number of carbonyl (C=O) groups excluding carboxylic acids is 1. The summed E-state index contributed by atoms with van der Waals surface area (Å²) in [5.74, 6) is -0.716. The van der Waals surface area contributed by atoms with Crippen molar-refractivity contribution < 1.29 is 18.0 Å². The highest BCUT2D eigenvalue weighted by molar-refractivity contribution is 7.80. The van der Waals surface area contributed by atoms with Crippen molar-refractivity contribution in [2.75, 3.05) is 5.32 Å². The van der Waals surface area contributed by atoms with Crippen molar-refractivity contribution in [3.8, 4) is 0 Å². The van der Waals surface area contributed by atoms with E-state index in [4.69, 9.17) is 23.8 Å². The fourth-order valence-electron chi connectivity index (χ4n) is 1.27. The molecule has 3 nitrogen and oxygen atoms in total. The quantitative estimate of drug-likeness (QED) is 0.812. The largest absolute Gasteiger partial charge is 0.418 e. The lowest BCUT2D eigenvalue weighted by atomic mass is 10.1. The summed E-state index contributed by atoms with van der Waals surface area (Å²) in [6.45, 7) is 3.28. The van der Waals surface area contributed by atoms with Crippen LogP contribution in [0.1, 0.15) is 19.4 Å². The van der Waals surface area contributed by atoms with Crippen LogP contribution in [0.15, 0.2) is 18.2 Å². The highest BCUT2D eigenvalue weighted by atomic mass is 35.5. The van der Waals surface area contributed by atoms with Crippen molar-refractivity contribution in [3.63, 3.8) is 0 Å². The lowest BCUT2D eigenvalue weighted by molar-refractivity contribution is -0.136. The molecule has 0 unspecified atom stereocenters. The lowest BCUT2D eigenvalue weighted by Gasteiger charge is -2.16. The molecule has 0 fully saturated rings. The van der Waals surface area contributed by atoms with Crippen molar-refractivity contribution in [2.24, 2.45) is 5.92 Å². The van der Waals surface area contributed by atoms with Gasteiger partial charge in [-0.1, -0.05) is 25.4 Å². The maximum atomic E-state index is 12.8. The highest BCUT2D eigenvalue weighted by Crippen LogP contribution is 2.36. The fourth-order valence-corrected chi connectivity index (χ4v) is 1.65. The van der Waals surface area contributed by atoms with Crippen molar-refractivity contribution in [1.82, 2.24) is 5.32 Å². The van der Waals surface area contributed by atoms with Crippen molar-refractivity contribution in [2.45, 2.75) is 20.0 Å². The molecule has 1 amide bonds. The average molecular weight is 325 g/mol. The van der Waals surface area contributed by atoms with E-state index < -0.39 is 11.7 Å². The predicted molar refractivity (Wildman–Crippen MR) is 75.7 cm³/mol. The summed E-state index contributed by atoms with van der Waals surface area (Å²) in [6.07, 6.45) is -4.58. The molecule has 1 aromatic carbocycles. The van der Waals surface area contributed by atoms with Gasteiger partial charge in [-0.15, -0.1) is 0 Å². The average Bonchev–Trinajstić information content (AvgIpc) is 2.29. The molecule has 20 heavy (non-hydrogen) atoms. The van der Waals surface area contributed by atoms with Crippen LogP contribution in [0.4, 0.5) is 18.9 Å². The van der Waals surface area contributed by atoms with Crippen LogP contribution in [0.2, 0.25) is 5.02 Å². The van der Waals surface area contributed by atoms with Crippen LogP contribution < -0.4 is 10.6 Å².